The fourth-order valence-corrected chi connectivity index (χ4v) is 4.44. The standard InChI is InChI=1S/C12H27P.Er/c1-4-7-10-13(11-8-5-2)12-9-6-3;/h4-12H2,1-3H3;. The van der Waals surface area contributed by atoms with Crippen LogP contribution in [-0.4, -0.2) is 18.5 Å². The van der Waals surface area contributed by atoms with Gasteiger partial charge in [0.15, 0.2) is 0 Å². The van der Waals surface area contributed by atoms with Crippen LogP contribution in [0.5, 0.6) is 0 Å². The molecule has 0 saturated heterocycles. The molecule has 2 heteroatoms. The Hall–Kier alpha value is 1.68. The van der Waals surface area contributed by atoms with Crippen molar-refractivity contribution in [1.29, 1.82) is 0 Å². The molecule has 0 bridgehead atoms. The van der Waals surface area contributed by atoms with Crippen molar-refractivity contribution in [2.24, 2.45) is 0 Å². The Balaban J connectivity index is 0. The van der Waals surface area contributed by atoms with Crippen LogP contribution in [0.15, 0.2) is 0 Å². The van der Waals surface area contributed by atoms with Crippen molar-refractivity contribution < 1.29 is 37.3 Å². The van der Waals surface area contributed by atoms with Crippen molar-refractivity contribution in [1.82, 2.24) is 0 Å². The number of hydrogen-bond acceptors (Lipinski definition) is 0. The summed E-state index contributed by atoms with van der Waals surface area (Å²) in [6.45, 7) is 6.94. The zero-order valence-corrected chi connectivity index (χ0v) is 12.8. The Morgan fingerprint density at radius 1 is 0.643 bits per heavy atom. The quantitative estimate of drug-likeness (QED) is 0.509. The Labute approximate surface area is 122 Å². The number of rotatable bonds is 9. The summed E-state index contributed by atoms with van der Waals surface area (Å²) >= 11 is 0. The van der Waals surface area contributed by atoms with Gasteiger partial charge in [-0.2, -0.15) is 0 Å². The molecule has 92 valence electrons. The zero-order chi connectivity index (χ0) is 9.94. The van der Waals surface area contributed by atoms with Crippen molar-refractivity contribution in [2.75, 3.05) is 18.5 Å². The molecule has 14 heavy (non-hydrogen) atoms. The first-order valence-corrected chi connectivity index (χ1v) is 7.97. The molecule has 0 N–H and O–H groups in total. The van der Waals surface area contributed by atoms with E-state index >= 15 is 0 Å². The Morgan fingerprint density at radius 2 is 0.929 bits per heavy atom. The van der Waals surface area contributed by atoms with E-state index in [0.717, 1.165) is 0 Å². The van der Waals surface area contributed by atoms with Crippen LogP contribution in [0.4, 0.5) is 0 Å². The molecule has 0 heterocycles. The van der Waals surface area contributed by atoms with E-state index in [9.17, 15) is 0 Å². The second-order valence-corrected chi connectivity index (χ2v) is 6.59. The van der Waals surface area contributed by atoms with Crippen LogP contribution in [0, 0.1) is 37.3 Å². The van der Waals surface area contributed by atoms with Crippen LogP contribution in [0.1, 0.15) is 59.3 Å². The van der Waals surface area contributed by atoms with E-state index in [1.165, 1.54) is 38.5 Å². The van der Waals surface area contributed by atoms with Crippen LogP contribution >= 0.6 is 7.92 Å². The van der Waals surface area contributed by atoms with Crippen LogP contribution in [0.2, 0.25) is 0 Å². The van der Waals surface area contributed by atoms with Gasteiger partial charge in [0.1, 0.15) is 0 Å². The largest absolute Gasteiger partial charge is 0.107 e. The summed E-state index contributed by atoms with van der Waals surface area (Å²) in [5, 5.41) is 0. The SMILES string of the molecule is CCCCP(CCCC)CCCC.[Er]. The fourth-order valence-electron chi connectivity index (χ4n) is 1.48. The molecule has 0 fully saturated rings. The molecule has 0 nitrogen and oxygen atoms in total. The van der Waals surface area contributed by atoms with Gasteiger partial charge >= 0.3 is 0 Å². The summed E-state index contributed by atoms with van der Waals surface area (Å²) in [5.41, 5.74) is 0. The molecule has 0 aromatic heterocycles. The van der Waals surface area contributed by atoms with Crippen molar-refractivity contribution >= 4 is 7.92 Å². The van der Waals surface area contributed by atoms with Crippen molar-refractivity contribution in [3.05, 3.63) is 0 Å². The smallest absolute Gasteiger partial charge is 0 e. The van der Waals surface area contributed by atoms with Crippen molar-refractivity contribution in [3.8, 4) is 0 Å². The number of hydrogen-bond donors (Lipinski definition) is 0. The van der Waals surface area contributed by atoms with Gasteiger partial charge in [-0.3, -0.25) is 0 Å². The van der Waals surface area contributed by atoms with E-state index in [1.54, 1.807) is 18.5 Å². The molecule has 0 aromatic rings. The summed E-state index contributed by atoms with van der Waals surface area (Å²) in [4.78, 5) is 0. The molecule has 0 atom stereocenters. The molecule has 0 aliphatic rings. The minimum Gasteiger partial charge on any atom is -0.107 e. The molecule has 0 unspecified atom stereocenters. The first-order valence-electron chi connectivity index (χ1n) is 6.07. The van der Waals surface area contributed by atoms with Gasteiger partial charge in [-0.25, -0.2) is 0 Å². The van der Waals surface area contributed by atoms with E-state index in [0.29, 0.717) is 7.92 Å². The van der Waals surface area contributed by atoms with Gasteiger partial charge in [0.05, 0.1) is 0 Å². The Kier molecular flexibility index (Phi) is 18.9. The van der Waals surface area contributed by atoms with Crippen molar-refractivity contribution in [2.45, 2.75) is 59.3 Å². The average molecular weight is 370 g/mol. The molecule has 0 amide bonds. The summed E-state index contributed by atoms with van der Waals surface area (Å²) in [6.07, 6.45) is 13.2. The maximum atomic E-state index is 2.31. The topological polar surface area (TPSA) is 0 Å². The van der Waals surface area contributed by atoms with E-state index in [-0.39, 0.29) is 37.3 Å². The first kappa shape index (κ1) is 18.1. The predicted molar refractivity (Wildman–Crippen MR) is 66.2 cm³/mol. The normalized spacial score (nSPS) is 10.3. The Bertz CT molecular complexity index is 77.3. The molecule has 0 rings (SSSR count). The summed E-state index contributed by atoms with van der Waals surface area (Å²) in [6, 6.07) is 0. The number of unbranched alkanes of at least 4 members (excludes halogenated alkanes) is 3. The van der Waals surface area contributed by atoms with Gasteiger partial charge < -0.3 is 0 Å². The molecule has 0 radical (unpaired) electrons. The first-order chi connectivity index (χ1) is 6.35. The molecule has 0 aliphatic carbocycles. The van der Waals surface area contributed by atoms with Crippen LogP contribution < -0.4 is 0 Å². The summed E-state index contributed by atoms with van der Waals surface area (Å²) in [7, 11) is 0.422. The monoisotopic (exact) mass is 368 g/mol. The molecule has 0 saturated carbocycles. The van der Waals surface area contributed by atoms with Crippen molar-refractivity contribution in [3.63, 3.8) is 0 Å². The van der Waals surface area contributed by atoms with Gasteiger partial charge in [-0.1, -0.05) is 40.0 Å². The minimum atomic E-state index is 0. The summed E-state index contributed by atoms with van der Waals surface area (Å²) < 4.78 is 0. The van der Waals surface area contributed by atoms with E-state index in [2.05, 4.69) is 20.8 Å². The van der Waals surface area contributed by atoms with E-state index in [1.807, 2.05) is 0 Å². The molecule has 0 aliphatic heterocycles. The third-order valence-electron chi connectivity index (χ3n) is 2.48. The minimum absolute atomic E-state index is 0. The van der Waals surface area contributed by atoms with Gasteiger partial charge in [0.2, 0.25) is 0 Å². The third kappa shape index (κ3) is 11.7. The van der Waals surface area contributed by atoms with Gasteiger partial charge in [0.25, 0.3) is 0 Å². The average Bonchev–Trinajstić information content (AvgIpc) is 2.17. The maximum absolute atomic E-state index is 2.31. The van der Waals surface area contributed by atoms with E-state index < -0.39 is 0 Å². The second kappa shape index (κ2) is 14.7. The second-order valence-electron chi connectivity index (χ2n) is 3.90. The van der Waals surface area contributed by atoms with Crippen LogP contribution in [0.25, 0.3) is 0 Å². The van der Waals surface area contributed by atoms with E-state index in [4.69, 9.17) is 0 Å². The molecular formula is C12H27ErP. The van der Waals surface area contributed by atoms with Gasteiger partial charge in [-0.15, -0.1) is 7.92 Å². The molecule has 0 spiro atoms. The maximum Gasteiger partial charge on any atom is 0 e. The molecular weight excluding hydrogens is 342 g/mol. The van der Waals surface area contributed by atoms with Gasteiger partial charge in [0, 0.05) is 37.3 Å². The predicted octanol–water partition coefficient (Wildman–Crippen LogP) is 4.87. The van der Waals surface area contributed by atoms with Gasteiger partial charge in [-0.05, 0) is 37.7 Å². The zero-order valence-electron chi connectivity index (χ0n) is 10.1. The fraction of sp³-hybridized carbons (Fsp3) is 1.00. The van der Waals surface area contributed by atoms with Crippen LogP contribution in [0.3, 0.4) is 0 Å². The summed E-state index contributed by atoms with van der Waals surface area (Å²) in [5.74, 6) is 0. The third-order valence-corrected chi connectivity index (χ3v) is 5.33. The van der Waals surface area contributed by atoms with Crippen LogP contribution in [-0.2, 0) is 0 Å². The Morgan fingerprint density at radius 3 is 1.14 bits per heavy atom. The molecule has 0 aromatic carbocycles.